The molecule has 0 aliphatic rings. The van der Waals surface area contributed by atoms with Crippen LogP contribution < -0.4 is 0 Å². The van der Waals surface area contributed by atoms with Gasteiger partial charge in [0.25, 0.3) is 0 Å². The van der Waals surface area contributed by atoms with Crippen molar-refractivity contribution < 1.29 is 14.3 Å². The monoisotopic (exact) mass is 259 g/mol. The fraction of sp³-hybridized carbons (Fsp3) is 0.333. The van der Waals surface area contributed by atoms with E-state index in [0.717, 1.165) is 12.8 Å². The van der Waals surface area contributed by atoms with Gasteiger partial charge in [-0.1, -0.05) is 24.3 Å². The third-order valence-corrected chi connectivity index (χ3v) is 3.06. The van der Waals surface area contributed by atoms with Crippen LogP contribution in [0.25, 0.3) is 0 Å². The standard InChI is InChI=1S/C15H17NO3/c1-11-4-2-3-5-12(11)6-8-14-16-13(10-19-14)7-9-15(17)18/h2-5,10H,6-9H2,1H3,(H,17,18). The molecular formula is C15H17NO3. The molecule has 19 heavy (non-hydrogen) atoms. The first-order valence-corrected chi connectivity index (χ1v) is 6.35. The van der Waals surface area contributed by atoms with Crippen molar-refractivity contribution in [2.45, 2.75) is 32.6 Å². The number of hydrogen-bond acceptors (Lipinski definition) is 3. The first-order valence-electron chi connectivity index (χ1n) is 6.35. The minimum atomic E-state index is -0.815. The summed E-state index contributed by atoms with van der Waals surface area (Å²) in [5.41, 5.74) is 3.26. The quantitative estimate of drug-likeness (QED) is 0.866. The van der Waals surface area contributed by atoms with Crippen LogP contribution in [0.3, 0.4) is 0 Å². The number of carboxylic acid groups (broad SMARTS) is 1. The molecule has 2 aromatic rings. The molecule has 0 radical (unpaired) electrons. The van der Waals surface area contributed by atoms with Crippen molar-refractivity contribution in [1.82, 2.24) is 4.98 Å². The van der Waals surface area contributed by atoms with Gasteiger partial charge in [-0.3, -0.25) is 4.79 Å². The molecule has 0 saturated heterocycles. The molecule has 1 aromatic heterocycles. The van der Waals surface area contributed by atoms with E-state index < -0.39 is 5.97 Å². The fourth-order valence-electron chi connectivity index (χ4n) is 1.95. The average Bonchev–Trinajstić information content (AvgIpc) is 2.83. The lowest BCUT2D eigenvalue weighted by molar-refractivity contribution is -0.136. The van der Waals surface area contributed by atoms with Crippen LogP contribution in [-0.4, -0.2) is 16.1 Å². The van der Waals surface area contributed by atoms with Crippen LogP contribution in [0.2, 0.25) is 0 Å². The molecule has 4 nitrogen and oxygen atoms in total. The summed E-state index contributed by atoms with van der Waals surface area (Å²) in [6.07, 6.45) is 3.67. The zero-order valence-corrected chi connectivity index (χ0v) is 10.9. The number of oxazole rings is 1. The zero-order valence-electron chi connectivity index (χ0n) is 10.9. The van der Waals surface area contributed by atoms with E-state index in [-0.39, 0.29) is 6.42 Å². The van der Waals surface area contributed by atoms with Gasteiger partial charge in [0.05, 0.1) is 12.1 Å². The van der Waals surface area contributed by atoms with E-state index in [1.807, 2.05) is 12.1 Å². The Morgan fingerprint density at radius 2 is 2.05 bits per heavy atom. The molecule has 100 valence electrons. The number of hydrogen-bond donors (Lipinski definition) is 1. The highest BCUT2D eigenvalue weighted by Gasteiger charge is 2.07. The highest BCUT2D eigenvalue weighted by atomic mass is 16.4. The lowest BCUT2D eigenvalue weighted by Crippen LogP contribution is -1.98. The fourth-order valence-corrected chi connectivity index (χ4v) is 1.95. The average molecular weight is 259 g/mol. The predicted molar refractivity (Wildman–Crippen MR) is 71.0 cm³/mol. The maximum atomic E-state index is 10.5. The Morgan fingerprint density at radius 3 is 2.79 bits per heavy atom. The van der Waals surface area contributed by atoms with Gasteiger partial charge in [0.1, 0.15) is 6.26 Å². The van der Waals surface area contributed by atoms with Crippen molar-refractivity contribution in [2.24, 2.45) is 0 Å². The molecule has 0 fully saturated rings. The third-order valence-electron chi connectivity index (χ3n) is 3.06. The maximum absolute atomic E-state index is 10.5. The van der Waals surface area contributed by atoms with E-state index in [1.165, 1.54) is 11.1 Å². The Bertz CT molecular complexity index is 560. The number of aryl methyl sites for hydroxylation is 4. The Morgan fingerprint density at radius 1 is 1.26 bits per heavy atom. The molecule has 1 heterocycles. The second kappa shape index (κ2) is 6.18. The molecule has 0 aliphatic heterocycles. The minimum absolute atomic E-state index is 0.0871. The van der Waals surface area contributed by atoms with Crippen molar-refractivity contribution in [2.75, 3.05) is 0 Å². The van der Waals surface area contributed by atoms with E-state index in [0.29, 0.717) is 18.0 Å². The van der Waals surface area contributed by atoms with E-state index in [2.05, 4.69) is 24.0 Å². The van der Waals surface area contributed by atoms with Crippen LogP contribution in [0.5, 0.6) is 0 Å². The summed E-state index contributed by atoms with van der Waals surface area (Å²) < 4.78 is 5.35. The van der Waals surface area contributed by atoms with Crippen LogP contribution in [-0.2, 0) is 24.1 Å². The first kappa shape index (κ1) is 13.3. The van der Waals surface area contributed by atoms with E-state index >= 15 is 0 Å². The van der Waals surface area contributed by atoms with E-state index in [4.69, 9.17) is 9.52 Å². The summed E-state index contributed by atoms with van der Waals surface area (Å²) in [5, 5.41) is 8.61. The molecule has 0 saturated carbocycles. The summed E-state index contributed by atoms with van der Waals surface area (Å²) in [7, 11) is 0. The Kier molecular flexibility index (Phi) is 4.34. The molecule has 4 heteroatoms. The van der Waals surface area contributed by atoms with Gasteiger partial charge in [0, 0.05) is 12.8 Å². The predicted octanol–water partition coefficient (Wildman–Crippen LogP) is 2.79. The summed E-state index contributed by atoms with van der Waals surface area (Å²) in [6.45, 7) is 2.09. The van der Waals surface area contributed by atoms with Crippen molar-refractivity contribution >= 4 is 5.97 Å². The topological polar surface area (TPSA) is 63.3 Å². The van der Waals surface area contributed by atoms with Gasteiger partial charge >= 0.3 is 5.97 Å². The van der Waals surface area contributed by atoms with Crippen LogP contribution in [0, 0.1) is 6.92 Å². The highest BCUT2D eigenvalue weighted by molar-refractivity contribution is 5.66. The van der Waals surface area contributed by atoms with E-state index in [9.17, 15) is 4.79 Å². The van der Waals surface area contributed by atoms with Crippen LogP contribution in [0.15, 0.2) is 34.9 Å². The molecule has 0 amide bonds. The van der Waals surface area contributed by atoms with Crippen LogP contribution in [0.1, 0.15) is 29.1 Å². The number of aliphatic carboxylic acids is 1. The Balaban J connectivity index is 1.90. The number of aromatic nitrogens is 1. The number of carbonyl (C=O) groups is 1. The lowest BCUT2D eigenvalue weighted by Gasteiger charge is -2.02. The molecule has 1 aromatic carbocycles. The SMILES string of the molecule is Cc1ccccc1CCc1nc(CCC(=O)O)co1. The maximum Gasteiger partial charge on any atom is 0.303 e. The van der Waals surface area contributed by atoms with Gasteiger partial charge in [-0.15, -0.1) is 0 Å². The zero-order chi connectivity index (χ0) is 13.7. The molecule has 0 aliphatic carbocycles. The van der Waals surface area contributed by atoms with Gasteiger partial charge in [0.15, 0.2) is 5.89 Å². The van der Waals surface area contributed by atoms with Gasteiger partial charge in [-0.2, -0.15) is 0 Å². The molecule has 2 rings (SSSR count). The van der Waals surface area contributed by atoms with Crippen molar-refractivity contribution in [1.29, 1.82) is 0 Å². The van der Waals surface area contributed by atoms with Crippen LogP contribution in [0.4, 0.5) is 0 Å². The normalized spacial score (nSPS) is 10.6. The Hall–Kier alpha value is -2.10. The van der Waals surface area contributed by atoms with Crippen molar-refractivity contribution in [3.8, 4) is 0 Å². The number of rotatable bonds is 6. The smallest absolute Gasteiger partial charge is 0.303 e. The molecule has 0 unspecified atom stereocenters. The second-order valence-electron chi connectivity index (χ2n) is 4.55. The highest BCUT2D eigenvalue weighted by Crippen LogP contribution is 2.12. The summed E-state index contributed by atoms with van der Waals surface area (Å²) in [5.74, 6) is -0.145. The number of carboxylic acids is 1. The molecule has 0 atom stereocenters. The second-order valence-corrected chi connectivity index (χ2v) is 4.55. The molecular weight excluding hydrogens is 242 g/mol. The first-order chi connectivity index (χ1) is 9.15. The molecule has 0 spiro atoms. The summed E-state index contributed by atoms with van der Waals surface area (Å²) >= 11 is 0. The van der Waals surface area contributed by atoms with Gasteiger partial charge in [0.2, 0.25) is 0 Å². The summed E-state index contributed by atoms with van der Waals surface area (Å²) in [4.78, 5) is 14.8. The number of benzene rings is 1. The minimum Gasteiger partial charge on any atom is -0.481 e. The van der Waals surface area contributed by atoms with Crippen molar-refractivity contribution in [3.05, 3.63) is 53.2 Å². The van der Waals surface area contributed by atoms with E-state index in [1.54, 1.807) is 6.26 Å². The largest absolute Gasteiger partial charge is 0.481 e. The molecule has 0 bridgehead atoms. The van der Waals surface area contributed by atoms with Gasteiger partial charge < -0.3 is 9.52 Å². The van der Waals surface area contributed by atoms with Gasteiger partial charge in [-0.05, 0) is 24.5 Å². The van der Waals surface area contributed by atoms with Crippen molar-refractivity contribution in [3.63, 3.8) is 0 Å². The van der Waals surface area contributed by atoms with Crippen LogP contribution >= 0.6 is 0 Å². The summed E-state index contributed by atoms with van der Waals surface area (Å²) in [6, 6.07) is 8.23. The van der Waals surface area contributed by atoms with Gasteiger partial charge in [-0.25, -0.2) is 4.98 Å². The third kappa shape index (κ3) is 3.95. The molecule has 1 N–H and O–H groups in total. The number of nitrogens with zero attached hydrogens (tertiary/aromatic N) is 1. The lowest BCUT2D eigenvalue weighted by atomic mass is 10.0. The Labute approximate surface area is 112 Å².